The molecule has 0 aliphatic heterocycles. The first-order valence-electron chi connectivity index (χ1n) is 6.81. The normalized spacial score (nSPS) is 24.6. The van der Waals surface area contributed by atoms with Crippen LogP contribution in [0.15, 0.2) is 12.7 Å². The van der Waals surface area contributed by atoms with E-state index in [1.807, 2.05) is 0 Å². The molecular weight excluding hydrogens is 228 g/mol. The van der Waals surface area contributed by atoms with E-state index in [-0.39, 0.29) is 25.3 Å². The zero-order valence-corrected chi connectivity index (χ0v) is 11.9. The third kappa shape index (κ3) is 5.21. The summed E-state index contributed by atoms with van der Waals surface area (Å²) >= 11 is 0. The Morgan fingerprint density at radius 1 is 1.28 bits per heavy atom. The zero-order chi connectivity index (χ0) is 13.6. The van der Waals surface area contributed by atoms with E-state index in [0.29, 0.717) is 5.41 Å². The van der Waals surface area contributed by atoms with Crippen LogP contribution < -0.4 is 0 Å². The first-order chi connectivity index (χ1) is 8.43. The Bertz CT molecular complexity index is 270. The van der Waals surface area contributed by atoms with E-state index in [1.54, 1.807) is 6.08 Å². The lowest BCUT2D eigenvalue weighted by Crippen LogP contribution is -2.30. The third-order valence-electron chi connectivity index (χ3n) is 3.70. The van der Waals surface area contributed by atoms with Gasteiger partial charge in [-0.3, -0.25) is 0 Å². The van der Waals surface area contributed by atoms with Gasteiger partial charge in [0.15, 0.2) is 0 Å². The largest absolute Gasteiger partial charge is 0.460 e. The van der Waals surface area contributed by atoms with Crippen LogP contribution in [0.5, 0.6) is 0 Å². The highest BCUT2D eigenvalue weighted by Gasteiger charge is 2.30. The Morgan fingerprint density at radius 3 is 2.39 bits per heavy atom. The molecule has 0 atom stereocenters. The number of carbonyl (C=O) groups excluding carboxylic acids is 1. The molecule has 1 aliphatic rings. The summed E-state index contributed by atoms with van der Waals surface area (Å²) in [5.41, 5.74) is 0.383. The lowest BCUT2D eigenvalue weighted by molar-refractivity contribution is -0.150. The molecule has 0 aromatic heterocycles. The van der Waals surface area contributed by atoms with Gasteiger partial charge >= 0.3 is 5.97 Å². The molecule has 0 amide bonds. The van der Waals surface area contributed by atoms with Crippen LogP contribution in [-0.4, -0.2) is 25.3 Å². The van der Waals surface area contributed by atoms with Crippen molar-refractivity contribution in [3.05, 3.63) is 12.7 Å². The van der Waals surface area contributed by atoms with Crippen molar-refractivity contribution in [2.24, 2.45) is 11.3 Å². The first-order valence-corrected chi connectivity index (χ1v) is 6.81. The van der Waals surface area contributed by atoms with Gasteiger partial charge in [-0.1, -0.05) is 33.4 Å². The summed E-state index contributed by atoms with van der Waals surface area (Å²) in [5.74, 6) is 0.470. The van der Waals surface area contributed by atoms with Crippen molar-refractivity contribution in [3.63, 3.8) is 0 Å². The van der Waals surface area contributed by atoms with Crippen molar-refractivity contribution in [2.75, 3.05) is 13.2 Å². The van der Waals surface area contributed by atoms with Crippen molar-refractivity contribution in [3.8, 4) is 0 Å². The van der Waals surface area contributed by atoms with Gasteiger partial charge in [-0.25, -0.2) is 4.79 Å². The lowest BCUT2D eigenvalue weighted by Gasteiger charge is -2.36. The Hall–Kier alpha value is -0.830. The minimum atomic E-state index is -0.298. The molecule has 0 unspecified atom stereocenters. The fourth-order valence-electron chi connectivity index (χ4n) is 2.47. The molecule has 0 N–H and O–H groups in total. The monoisotopic (exact) mass is 254 g/mol. The van der Waals surface area contributed by atoms with Gasteiger partial charge in [-0.2, -0.15) is 0 Å². The molecule has 0 radical (unpaired) electrons. The summed E-state index contributed by atoms with van der Waals surface area (Å²) in [6.07, 6.45) is 6.27. The van der Waals surface area contributed by atoms with Crippen molar-refractivity contribution in [1.29, 1.82) is 0 Å². The van der Waals surface area contributed by atoms with Crippen LogP contribution >= 0.6 is 0 Å². The van der Waals surface area contributed by atoms with E-state index >= 15 is 0 Å². The second-order valence-corrected chi connectivity index (χ2v) is 6.12. The molecular formula is C15H26O3. The molecule has 1 saturated carbocycles. The van der Waals surface area contributed by atoms with Gasteiger partial charge in [-0.05, 0) is 37.0 Å². The summed E-state index contributed by atoms with van der Waals surface area (Å²) in [6.45, 7) is 10.7. The predicted octanol–water partition coefficient (Wildman–Crippen LogP) is 3.34. The minimum Gasteiger partial charge on any atom is -0.460 e. The number of hydrogen-bond acceptors (Lipinski definition) is 3. The van der Waals surface area contributed by atoms with Gasteiger partial charge in [0.2, 0.25) is 0 Å². The van der Waals surface area contributed by atoms with E-state index in [1.165, 1.54) is 12.8 Å². The molecule has 0 aromatic carbocycles. The van der Waals surface area contributed by atoms with E-state index in [4.69, 9.17) is 9.47 Å². The fraction of sp³-hybridized carbons (Fsp3) is 0.800. The van der Waals surface area contributed by atoms with Gasteiger partial charge < -0.3 is 9.47 Å². The SMILES string of the molecule is C=CCOC(=O)COC1CCC(C(C)(C)C)CC1. The zero-order valence-electron chi connectivity index (χ0n) is 11.9. The average molecular weight is 254 g/mol. The number of esters is 1. The summed E-state index contributed by atoms with van der Waals surface area (Å²) < 4.78 is 10.5. The Balaban J connectivity index is 2.20. The standard InChI is InChI=1S/C15H26O3/c1-5-10-17-14(16)11-18-13-8-6-12(7-9-13)15(2,3)4/h5,12-13H,1,6-11H2,2-4H3. The van der Waals surface area contributed by atoms with Gasteiger partial charge in [0.25, 0.3) is 0 Å². The molecule has 1 aliphatic carbocycles. The molecule has 3 nitrogen and oxygen atoms in total. The Morgan fingerprint density at radius 2 is 1.89 bits per heavy atom. The maximum absolute atomic E-state index is 11.3. The molecule has 3 heteroatoms. The van der Waals surface area contributed by atoms with E-state index in [0.717, 1.165) is 18.8 Å². The van der Waals surface area contributed by atoms with E-state index in [2.05, 4.69) is 27.4 Å². The van der Waals surface area contributed by atoms with Crippen LogP contribution in [0.1, 0.15) is 46.5 Å². The molecule has 104 valence electrons. The Labute approximate surface area is 111 Å². The van der Waals surface area contributed by atoms with E-state index < -0.39 is 0 Å². The molecule has 0 spiro atoms. The molecule has 0 saturated heterocycles. The van der Waals surface area contributed by atoms with Gasteiger partial charge in [0.05, 0.1) is 6.10 Å². The second kappa shape index (κ2) is 6.93. The maximum atomic E-state index is 11.3. The van der Waals surface area contributed by atoms with Gasteiger partial charge in [-0.15, -0.1) is 0 Å². The highest BCUT2D eigenvalue weighted by Crippen LogP contribution is 2.38. The summed E-state index contributed by atoms with van der Waals surface area (Å²) in [4.78, 5) is 11.3. The molecule has 1 fully saturated rings. The molecule has 0 aromatic rings. The molecule has 0 heterocycles. The fourth-order valence-corrected chi connectivity index (χ4v) is 2.47. The van der Waals surface area contributed by atoms with Gasteiger partial charge in [0, 0.05) is 0 Å². The van der Waals surface area contributed by atoms with Crippen LogP contribution in [0.4, 0.5) is 0 Å². The van der Waals surface area contributed by atoms with Crippen LogP contribution in [0.2, 0.25) is 0 Å². The van der Waals surface area contributed by atoms with Crippen molar-refractivity contribution < 1.29 is 14.3 Å². The average Bonchev–Trinajstić information content (AvgIpc) is 2.33. The highest BCUT2D eigenvalue weighted by atomic mass is 16.6. The molecule has 0 bridgehead atoms. The van der Waals surface area contributed by atoms with Crippen LogP contribution in [0, 0.1) is 11.3 Å². The summed E-state index contributed by atoms with van der Waals surface area (Å²) in [6, 6.07) is 0. The number of ether oxygens (including phenoxy) is 2. The van der Waals surface area contributed by atoms with Crippen molar-refractivity contribution in [1.82, 2.24) is 0 Å². The van der Waals surface area contributed by atoms with Gasteiger partial charge in [0.1, 0.15) is 13.2 Å². The topological polar surface area (TPSA) is 35.5 Å². The summed E-state index contributed by atoms with van der Waals surface area (Å²) in [7, 11) is 0. The predicted molar refractivity (Wildman–Crippen MR) is 72.3 cm³/mol. The minimum absolute atomic E-state index is 0.0681. The van der Waals surface area contributed by atoms with Crippen molar-refractivity contribution >= 4 is 5.97 Å². The maximum Gasteiger partial charge on any atom is 0.332 e. The lowest BCUT2D eigenvalue weighted by atomic mass is 9.72. The smallest absolute Gasteiger partial charge is 0.332 e. The number of hydrogen-bond donors (Lipinski definition) is 0. The van der Waals surface area contributed by atoms with Crippen LogP contribution in [0.25, 0.3) is 0 Å². The second-order valence-electron chi connectivity index (χ2n) is 6.12. The Kier molecular flexibility index (Phi) is 5.86. The van der Waals surface area contributed by atoms with E-state index in [9.17, 15) is 4.79 Å². The molecule has 1 rings (SSSR count). The number of rotatable bonds is 5. The quantitative estimate of drug-likeness (QED) is 0.557. The first kappa shape index (κ1) is 15.2. The van der Waals surface area contributed by atoms with Crippen LogP contribution in [0.3, 0.4) is 0 Å². The van der Waals surface area contributed by atoms with Crippen molar-refractivity contribution in [2.45, 2.75) is 52.6 Å². The van der Waals surface area contributed by atoms with Crippen LogP contribution in [-0.2, 0) is 14.3 Å². The highest BCUT2D eigenvalue weighted by molar-refractivity contribution is 5.70. The molecule has 18 heavy (non-hydrogen) atoms. The summed E-state index contributed by atoms with van der Waals surface area (Å²) in [5, 5.41) is 0. The third-order valence-corrected chi connectivity index (χ3v) is 3.70. The number of carbonyl (C=O) groups is 1.